The van der Waals surface area contributed by atoms with Gasteiger partial charge in [-0.15, -0.1) is 0 Å². The predicted molar refractivity (Wildman–Crippen MR) is 87.1 cm³/mol. The Balaban J connectivity index is 1.94. The number of aliphatic hydroxyl groups excluding tert-OH is 1. The van der Waals surface area contributed by atoms with Gasteiger partial charge in [0.1, 0.15) is 5.75 Å². The molecule has 1 amide bonds. The van der Waals surface area contributed by atoms with Gasteiger partial charge in [0.25, 0.3) is 5.91 Å². The second-order valence-corrected chi connectivity index (χ2v) is 6.82. The van der Waals surface area contributed by atoms with Crippen LogP contribution in [-0.2, 0) is 4.79 Å². The van der Waals surface area contributed by atoms with Crippen molar-refractivity contribution in [1.29, 1.82) is 0 Å². The quantitative estimate of drug-likeness (QED) is 0.814. The molecule has 0 aromatic heterocycles. The Morgan fingerprint density at radius 2 is 2.05 bits per heavy atom. The van der Waals surface area contributed by atoms with Crippen molar-refractivity contribution in [2.24, 2.45) is 5.41 Å². The minimum Gasteiger partial charge on any atom is -0.481 e. The number of carbonyl (C=O) groups is 1. The molecule has 1 saturated carbocycles. The summed E-state index contributed by atoms with van der Waals surface area (Å²) < 4.78 is 5.84. The van der Waals surface area contributed by atoms with Crippen molar-refractivity contribution in [3.05, 3.63) is 29.3 Å². The van der Waals surface area contributed by atoms with Gasteiger partial charge in [0.15, 0.2) is 6.10 Å². The summed E-state index contributed by atoms with van der Waals surface area (Å²) >= 11 is 0. The third-order valence-corrected chi connectivity index (χ3v) is 4.48. The molecule has 1 aliphatic carbocycles. The zero-order chi connectivity index (χ0) is 16.3. The molecule has 2 rings (SSSR count). The van der Waals surface area contributed by atoms with Gasteiger partial charge in [-0.1, -0.05) is 26.0 Å². The summed E-state index contributed by atoms with van der Waals surface area (Å²) in [6, 6.07) is 6.13. The standard InChI is InChI=1S/C18H27NO3/c1-12(2)15-6-5-13(3)16(9-15)22-14(4)17(21)19-10-18(11-20)7-8-18/h5-6,9,12,14,20H,7-8,10-11H2,1-4H3,(H,19,21). The molecule has 0 saturated heterocycles. The van der Waals surface area contributed by atoms with Gasteiger partial charge in [0.2, 0.25) is 0 Å². The van der Waals surface area contributed by atoms with Crippen LogP contribution in [-0.4, -0.2) is 30.3 Å². The highest BCUT2D eigenvalue weighted by molar-refractivity contribution is 5.80. The van der Waals surface area contributed by atoms with Crippen LogP contribution in [0.2, 0.25) is 0 Å². The molecule has 0 bridgehead atoms. The topological polar surface area (TPSA) is 58.6 Å². The highest BCUT2D eigenvalue weighted by Crippen LogP contribution is 2.44. The van der Waals surface area contributed by atoms with Crippen molar-refractivity contribution in [2.75, 3.05) is 13.2 Å². The van der Waals surface area contributed by atoms with Crippen LogP contribution < -0.4 is 10.1 Å². The van der Waals surface area contributed by atoms with Gasteiger partial charge < -0.3 is 15.2 Å². The van der Waals surface area contributed by atoms with Crippen molar-refractivity contribution in [3.8, 4) is 5.75 Å². The van der Waals surface area contributed by atoms with Crippen LogP contribution in [0.15, 0.2) is 18.2 Å². The van der Waals surface area contributed by atoms with E-state index in [1.54, 1.807) is 6.92 Å². The fourth-order valence-corrected chi connectivity index (χ4v) is 2.33. The lowest BCUT2D eigenvalue weighted by Gasteiger charge is -2.19. The van der Waals surface area contributed by atoms with E-state index >= 15 is 0 Å². The van der Waals surface area contributed by atoms with Crippen LogP contribution in [0.25, 0.3) is 0 Å². The number of aliphatic hydroxyl groups is 1. The number of aryl methyl sites for hydroxylation is 1. The molecule has 122 valence electrons. The van der Waals surface area contributed by atoms with Crippen LogP contribution in [0, 0.1) is 12.3 Å². The average Bonchev–Trinajstić information content (AvgIpc) is 3.27. The Bertz CT molecular complexity index is 535. The van der Waals surface area contributed by atoms with Crippen LogP contribution >= 0.6 is 0 Å². The Morgan fingerprint density at radius 3 is 2.59 bits per heavy atom. The van der Waals surface area contributed by atoms with Crippen molar-refractivity contribution in [1.82, 2.24) is 5.32 Å². The molecule has 1 aromatic rings. The summed E-state index contributed by atoms with van der Waals surface area (Å²) in [6.07, 6.45) is 1.42. The SMILES string of the molecule is Cc1ccc(C(C)C)cc1OC(C)C(=O)NCC1(CO)CC1. The first kappa shape index (κ1) is 16.8. The maximum atomic E-state index is 12.2. The lowest BCUT2D eigenvalue weighted by atomic mass is 10.0. The Labute approximate surface area is 132 Å². The summed E-state index contributed by atoms with van der Waals surface area (Å²) in [5.74, 6) is 1.05. The van der Waals surface area contributed by atoms with E-state index < -0.39 is 6.10 Å². The van der Waals surface area contributed by atoms with Gasteiger partial charge >= 0.3 is 0 Å². The fraction of sp³-hybridized carbons (Fsp3) is 0.611. The first-order chi connectivity index (χ1) is 10.4. The Hall–Kier alpha value is -1.55. The first-order valence-corrected chi connectivity index (χ1v) is 8.03. The van der Waals surface area contributed by atoms with Gasteiger partial charge in [0.05, 0.1) is 6.61 Å². The van der Waals surface area contributed by atoms with E-state index in [1.165, 1.54) is 5.56 Å². The molecular formula is C18H27NO3. The molecule has 1 atom stereocenters. The van der Waals surface area contributed by atoms with Crippen LogP contribution in [0.1, 0.15) is 50.7 Å². The molecule has 1 aliphatic rings. The van der Waals surface area contributed by atoms with Crippen LogP contribution in [0.5, 0.6) is 5.75 Å². The minimum absolute atomic E-state index is 0.0805. The maximum Gasteiger partial charge on any atom is 0.260 e. The van der Waals surface area contributed by atoms with E-state index in [0.29, 0.717) is 12.5 Å². The number of benzene rings is 1. The number of carbonyl (C=O) groups excluding carboxylic acids is 1. The molecular weight excluding hydrogens is 278 g/mol. The van der Waals surface area contributed by atoms with E-state index in [2.05, 4.69) is 25.2 Å². The number of ether oxygens (including phenoxy) is 1. The van der Waals surface area contributed by atoms with Gasteiger partial charge in [-0.25, -0.2) is 0 Å². The molecule has 22 heavy (non-hydrogen) atoms. The molecule has 2 N–H and O–H groups in total. The molecule has 0 heterocycles. The first-order valence-electron chi connectivity index (χ1n) is 8.03. The molecule has 0 aliphatic heterocycles. The van der Waals surface area contributed by atoms with E-state index in [-0.39, 0.29) is 17.9 Å². The summed E-state index contributed by atoms with van der Waals surface area (Å²) in [5, 5.41) is 12.2. The van der Waals surface area contributed by atoms with Gasteiger partial charge in [-0.3, -0.25) is 4.79 Å². The highest BCUT2D eigenvalue weighted by Gasteiger charge is 2.42. The van der Waals surface area contributed by atoms with Crippen molar-refractivity contribution < 1.29 is 14.6 Å². The van der Waals surface area contributed by atoms with Crippen molar-refractivity contribution in [2.45, 2.75) is 52.6 Å². The summed E-state index contributed by atoms with van der Waals surface area (Å²) in [7, 11) is 0. The number of nitrogens with one attached hydrogen (secondary N) is 1. The van der Waals surface area contributed by atoms with Crippen molar-refractivity contribution in [3.63, 3.8) is 0 Å². The lowest BCUT2D eigenvalue weighted by molar-refractivity contribution is -0.127. The summed E-state index contributed by atoms with van der Waals surface area (Å²) in [5.41, 5.74) is 2.14. The summed E-state index contributed by atoms with van der Waals surface area (Å²) in [6.45, 7) is 8.67. The number of hydrogen-bond acceptors (Lipinski definition) is 3. The molecule has 1 fully saturated rings. The Kier molecular flexibility index (Phi) is 5.12. The molecule has 4 heteroatoms. The molecule has 0 radical (unpaired) electrons. The zero-order valence-corrected chi connectivity index (χ0v) is 14.0. The van der Waals surface area contributed by atoms with E-state index in [4.69, 9.17) is 4.74 Å². The molecule has 1 aromatic carbocycles. The summed E-state index contributed by atoms with van der Waals surface area (Å²) in [4.78, 5) is 12.2. The van der Waals surface area contributed by atoms with E-state index in [9.17, 15) is 9.90 Å². The predicted octanol–water partition coefficient (Wildman–Crippen LogP) is 2.77. The largest absolute Gasteiger partial charge is 0.481 e. The lowest BCUT2D eigenvalue weighted by Crippen LogP contribution is -2.40. The molecule has 4 nitrogen and oxygen atoms in total. The van der Waals surface area contributed by atoms with Crippen LogP contribution in [0.3, 0.4) is 0 Å². The third-order valence-electron chi connectivity index (χ3n) is 4.48. The fourth-order valence-electron chi connectivity index (χ4n) is 2.33. The number of rotatable bonds is 7. The van der Waals surface area contributed by atoms with Gasteiger partial charge in [-0.05, 0) is 49.8 Å². The zero-order valence-electron chi connectivity index (χ0n) is 14.0. The minimum atomic E-state index is -0.546. The Morgan fingerprint density at radius 1 is 1.36 bits per heavy atom. The highest BCUT2D eigenvalue weighted by atomic mass is 16.5. The van der Waals surface area contributed by atoms with Gasteiger partial charge in [0, 0.05) is 12.0 Å². The normalized spacial score (nSPS) is 17.2. The molecule has 1 unspecified atom stereocenters. The molecule has 0 spiro atoms. The van der Waals surface area contributed by atoms with Crippen LogP contribution in [0.4, 0.5) is 0 Å². The smallest absolute Gasteiger partial charge is 0.260 e. The number of amides is 1. The van der Waals surface area contributed by atoms with Gasteiger partial charge in [-0.2, -0.15) is 0 Å². The average molecular weight is 305 g/mol. The number of hydrogen-bond donors (Lipinski definition) is 2. The van der Waals surface area contributed by atoms with E-state index in [0.717, 1.165) is 24.2 Å². The third kappa shape index (κ3) is 4.01. The van der Waals surface area contributed by atoms with E-state index in [1.807, 2.05) is 19.1 Å². The maximum absolute atomic E-state index is 12.2. The second-order valence-electron chi connectivity index (χ2n) is 6.82. The van der Waals surface area contributed by atoms with Crippen molar-refractivity contribution >= 4 is 5.91 Å². The monoisotopic (exact) mass is 305 g/mol. The second kappa shape index (κ2) is 6.69.